The lowest BCUT2D eigenvalue weighted by Gasteiger charge is -2.39. The second-order valence-corrected chi connectivity index (χ2v) is 12.8. The second-order valence-electron chi connectivity index (χ2n) is 12.8. The third-order valence-electron chi connectivity index (χ3n) is 8.70. The maximum absolute atomic E-state index is 11.0. The molecule has 2 N–H and O–H groups in total. The molecule has 0 unspecified atom stereocenters. The minimum Gasteiger partial charge on any atom is -0.550 e. The predicted octanol–water partition coefficient (Wildman–Crippen LogP) is 8.44. The second kappa shape index (κ2) is 30.1. The van der Waals surface area contributed by atoms with Crippen LogP contribution in [0.2, 0.25) is 0 Å². The van der Waals surface area contributed by atoms with Gasteiger partial charge in [-0.1, -0.05) is 89.7 Å². The molecular weight excluding hydrogens is 542 g/mol. The highest BCUT2D eigenvalue weighted by Gasteiger charge is 2.26. The first-order valence-electron chi connectivity index (χ1n) is 17.9. The van der Waals surface area contributed by atoms with Gasteiger partial charge in [-0.25, -0.2) is 0 Å². The number of carbonyl (C=O) groups excluding carboxylic acids is 1. The zero-order chi connectivity index (χ0) is 31.9. The zero-order valence-corrected chi connectivity index (χ0v) is 27.8. The molecule has 0 fully saturated rings. The van der Waals surface area contributed by atoms with Crippen molar-refractivity contribution in [2.45, 2.75) is 174 Å². The van der Waals surface area contributed by atoms with Crippen molar-refractivity contribution in [3.63, 3.8) is 0 Å². The van der Waals surface area contributed by atoms with Gasteiger partial charge in [0.15, 0.2) is 0 Å². The highest BCUT2D eigenvalue weighted by molar-refractivity contribution is 5.66. The highest BCUT2D eigenvalue weighted by Crippen LogP contribution is 2.19. The number of hydrogen-bond acceptors (Lipinski definition) is 4. The zero-order valence-electron chi connectivity index (χ0n) is 27.8. The van der Waals surface area contributed by atoms with E-state index in [1.807, 2.05) is 0 Å². The lowest BCUT2D eigenvalue weighted by atomic mass is 10.1. The van der Waals surface area contributed by atoms with Gasteiger partial charge in [0.2, 0.25) is 0 Å². The fraction of sp³-hybridized carbons (Fsp3) is 0.861. The quantitative estimate of drug-likeness (QED) is 0.0430. The summed E-state index contributed by atoms with van der Waals surface area (Å²) in [6, 6.07) is 0. The van der Waals surface area contributed by atoms with E-state index >= 15 is 0 Å². The monoisotopic (exact) mass is 609 g/mol. The summed E-state index contributed by atoms with van der Waals surface area (Å²) in [6.07, 6.45) is 31.4. The van der Waals surface area contributed by atoms with Gasteiger partial charge in [0, 0.05) is 18.8 Å². The third kappa shape index (κ3) is 29.9. The summed E-state index contributed by atoms with van der Waals surface area (Å²) in [5.41, 5.74) is 0. The molecule has 0 aliphatic heterocycles. The minimum atomic E-state index is -1.02. The van der Waals surface area contributed by atoms with E-state index in [9.17, 15) is 19.5 Å². The predicted molar refractivity (Wildman–Crippen MR) is 175 cm³/mol. The summed E-state index contributed by atoms with van der Waals surface area (Å²) in [5, 5.41) is 29.0. The van der Waals surface area contributed by atoms with E-state index in [0.29, 0.717) is 19.3 Å². The molecule has 7 heteroatoms. The first kappa shape index (κ1) is 41.1. The van der Waals surface area contributed by atoms with Crippen LogP contribution in [0.25, 0.3) is 0 Å². The molecule has 0 bridgehead atoms. The van der Waals surface area contributed by atoms with E-state index in [4.69, 9.17) is 10.2 Å². The number of carboxylic acids is 3. The Labute approximate surface area is 264 Å². The van der Waals surface area contributed by atoms with Gasteiger partial charge in [-0.3, -0.25) is 9.59 Å². The van der Waals surface area contributed by atoms with E-state index in [0.717, 1.165) is 62.8 Å². The van der Waals surface area contributed by atoms with Crippen LogP contribution in [-0.4, -0.2) is 58.8 Å². The van der Waals surface area contributed by atoms with Gasteiger partial charge in [-0.15, -0.1) is 0 Å². The van der Waals surface area contributed by atoms with Crippen LogP contribution < -0.4 is 5.11 Å². The lowest BCUT2D eigenvalue weighted by molar-refractivity contribution is -0.929. The molecule has 0 aromatic rings. The van der Waals surface area contributed by atoms with Gasteiger partial charge in [0.25, 0.3) is 0 Å². The van der Waals surface area contributed by atoms with E-state index in [1.165, 1.54) is 96.3 Å². The van der Waals surface area contributed by atoms with Crippen LogP contribution in [0.4, 0.5) is 0 Å². The largest absolute Gasteiger partial charge is 0.550 e. The Hall–Kier alpha value is -1.89. The van der Waals surface area contributed by atoms with E-state index in [2.05, 4.69) is 19.1 Å². The van der Waals surface area contributed by atoms with Gasteiger partial charge in [-0.2, -0.15) is 0 Å². The molecule has 0 radical (unpaired) electrons. The van der Waals surface area contributed by atoms with Crippen LogP contribution >= 0.6 is 0 Å². The van der Waals surface area contributed by atoms with Crippen LogP contribution in [0.15, 0.2) is 12.2 Å². The van der Waals surface area contributed by atoms with Gasteiger partial charge in [0.05, 0.1) is 26.2 Å². The molecule has 252 valence electrons. The van der Waals surface area contributed by atoms with Crippen molar-refractivity contribution in [2.24, 2.45) is 0 Å². The van der Waals surface area contributed by atoms with Crippen molar-refractivity contribution < 1.29 is 34.2 Å². The van der Waals surface area contributed by atoms with E-state index < -0.39 is 17.9 Å². The molecule has 7 nitrogen and oxygen atoms in total. The Morgan fingerprint density at radius 1 is 0.488 bits per heavy atom. The topological polar surface area (TPSA) is 115 Å². The summed E-state index contributed by atoms with van der Waals surface area (Å²) in [7, 11) is 0. The molecule has 0 aliphatic carbocycles. The highest BCUT2D eigenvalue weighted by atomic mass is 16.4. The molecule has 0 rings (SSSR count). The molecule has 0 saturated heterocycles. The number of carboxylic acid groups (broad SMARTS) is 3. The Bertz CT molecular complexity index is 653. The van der Waals surface area contributed by atoms with Gasteiger partial charge >= 0.3 is 11.9 Å². The van der Waals surface area contributed by atoms with Crippen molar-refractivity contribution >= 4 is 17.9 Å². The summed E-state index contributed by atoms with van der Waals surface area (Å²) in [4.78, 5) is 32.9. The van der Waals surface area contributed by atoms with Crippen LogP contribution in [0.3, 0.4) is 0 Å². The molecular formula is C36H67NO6. The average molecular weight is 610 g/mol. The number of aliphatic carboxylic acids is 3. The summed E-state index contributed by atoms with van der Waals surface area (Å²) in [6.45, 7) is 5.87. The molecule has 0 aromatic heterocycles. The standard InChI is InChI=1S/C36H67NO6/c1-2-3-4-5-6-7-8-9-10-11-12-13-14-15-16-17-18-19-23-30-37(31-24-20-27-34(38)39,32-25-21-28-35(40)41)33-26-22-29-36(42)43/h12-13H,2-11,14-33H2,1H3,(H2-,38,39,40,41,42,43)/b13-12+. The molecule has 0 saturated carbocycles. The summed E-state index contributed by atoms with van der Waals surface area (Å²) in [5.74, 6) is -2.57. The number of rotatable bonds is 34. The lowest BCUT2D eigenvalue weighted by Crippen LogP contribution is -2.51. The summed E-state index contributed by atoms with van der Waals surface area (Å²) < 4.78 is 0.843. The van der Waals surface area contributed by atoms with Gasteiger partial charge in [0.1, 0.15) is 0 Å². The molecule has 0 aromatic carbocycles. The number of nitrogens with zero attached hydrogens (tertiary/aromatic N) is 1. The Morgan fingerprint density at radius 2 is 0.814 bits per heavy atom. The first-order chi connectivity index (χ1) is 20.8. The number of allylic oxidation sites excluding steroid dienone is 2. The Morgan fingerprint density at radius 3 is 1.19 bits per heavy atom. The smallest absolute Gasteiger partial charge is 0.303 e. The first-order valence-corrected chi connectivity index (χ1v) is 17.9. The number of hydrogen-bond donors (Lipinski definition) is 2. The SMILES string of the molecule is CCCCCCCCCCC/C=C/CCCCCCCC[N+](CCCCC(=O)[O-])(CCCCC(=O)O)CCCCC(=O)O. The van der Waals surface area contributed by atoms with Crippen LogP contribution in [0.1, 0.15) is 174 Å². The Kier molecular flexibility index (Phi) is 28.8. The number of carbonyl (C=O) groups is 3. The molecule has 0 aliphatic rings. The van der Waals surface area contributed by atoms with Crippen molar-refractivity contribution in [2.75, 3.05) is 26.2 Å². The maximum Gasteiger partial charge on any atom is 0.303 e. The van der Waals surface area contributed by atoms with E-state index in [1.54, 1.807) is 0 Å². The molecule has 0 atom stereocenters. The number of quaternary nitrogens is 1. The maximum atomic E-state index is 11.0. The van der Waals surface area contributed by atoms with Crippen LogP contribution in [-0.2, 0) is 14.4 Å². The number of unbranched alkanes of at least 4 members (excludes halogenated alkanes) is 18. The average Bonchev–Trinajstić information content (AvgIpc) is 2.96. The molecule has 0 heterocycles. The molecule has 0 amide bonds. The van der Waals surface area contributed by atoms with Crippen molar-refractivity contribution in [1.29, 1.82) is 0 Å². The summed E-state index contributed by atoms with van der Waals surface area (Å²) >= 11 is 0. The fourth-order valence-electron chi connectivity index (χ4n) is 6.06. The van der Waals surface area contributed by atoms with Crippen molar-refractivity contribution in [3.8, 4) is 0 Å². The van der Waals surface area contributed by atoms with Crippen LogP contribution in [0, 0.1) is 0 Å². The normalized spacial score (nSPS) is 11.8. The third-order valence-corrected chi connectivity index (χ3v) is 8.70. The van der Waals surface area contributed by atoms with Gasteiger partial charge < -0.3 is 24.6 Å². The van der Waals surface area contributed by atoms with Crippen molar-refractivity contribution in [3.05, 3.63) is 12.2 Å². The van der Waals surface area contributed by atoms with E-state index in [-0.39, 0.29) is 19.3 Å². The molecule has 0 spiro atoms. The van der Waals surface area contributed by atoms with Crippen molar-refractivity contribution in [1.82, 2.24) is 0 Å². The van der Waals surface area contributed by atoms with Crippen LogP contribution in [0.5, 0.6) is 0 Å². The van der Waals surface area contributed by atoms with Gasteiger partial charge in [-0.05, 0) is 83.5 Å². The fourth-order valence-corrected chi connectivity index (χ4v) is 6.06. The Balaban J connectivity index is 4.32. The molecule has 43 heavy (non-hydrogen) atoms. The minimum absolute atomic E-state index is 0.0620.